The molecule has 0 aliphatic heterocycles. The van der Waals surface area contributed by atoms with E-state index in [1.807, 2.05) is 13.8 Å². The van der Waals surface area contributed by atoms with Gasteiger partial charge < -0.3 is 10.5 Å². The van der Waals surface area contributed by atoms with Crippen molar-refractivity contribution in [1.82, 2.24) is 0 Å². The lowest BCUT2D eigenvalue weighted by Crippen LogP contribution is -2.20. The van der Waals surface area contributed by atoms with Gasteiger partial charge in [-0.05, 0) is 18.1 Å². The first-order chi connectivity index (χ1) is 7.11. The molecule has 1 aromatic rings. The SMILES string of the molecule is CCC(C)C(N)c1c(F)cccc1OC. The number of hydrogen-bond acceptors (Lipinski definition) is 2. The van der Waals surface area contributed by atoms with Crippen molar-refractivity contribution >= 4 is 0 Å². The van der Waals surface area contributed by atoms with Crippen LogP contribution in [0.5, 0.6) is 5.75 Å². The normalized spacial score (nSPS) is 14.7. The number of methoxy groups -OCH3 is 1. The monoisotopic (exact) mass is 211 g/mol. The zero-order chi connectivity index (χ0) is 11.4. The van der Waals surface area contributed by atoms with Crippen LogP contribution in [-0.4, -0.2) is 7.11 Å². The van der Waals surface area contributed by atoms with Crippen LogP contribution < -0.4 is 10.5 Å². The zero-order valence-corrected chi connectivity index (χ0v) is 9.46. The van der Waals surface area contributed by atoms with E-state index in [0.29, 0.717) is 11.3 Å². The molecule has 15 heavy (non-hydrogen) atoms. The summed E-state index contributed by atoms with van der Waals surface area (Å²) in [6.07, 6.45) is 0.915. The van der Waals surface area contributed by atoms with Crippen LogP contribution in [0.4, 0.5) is 4.39 Å². The van der Waals surface area contributed by atoms with Gasteiger partial charge in [0.15, 0.2) is 0 Å². The average Bonchev–Trinajstić information content (AvgIpc) is 2.26. The Hall–Kier alpha value is -1.09. The van der Waals surface area contributed by atoms with Crippen LogP contribution in [0.25, 0.3) is 0 Å². The van der Waals surface area contributed by atoms with E-state index in [-0.39, 0.29) is 17.8 Å². The minimum Gasteiger partial charge on any atom is -0.496 e. The summed E-state index contributed by atoms with van der Waals surface area (Å²) >= 11 is 0. The van der Waals surface area contributed by atoms with Crippen molar-refractivity contribution in [2.45, 2.75) is 26.3 Å². The van der Waals surface area contributed by atoms with E-state index in [1.54, 1.807) is 12.1 Å². The van der Waals surface area contributed by atoms with Gasteiger partial charge in [0, 0.05) is 11.6 Å². The molecule has 0 aromatic heterocycles. The van der Waals surface area contributed by atoms with Crippen LogP contribution in [-0.2, 0) is 0 Å². The molecule has 84 valence electrons. The van der Waals surface area contributed by atoms with Crippen molar-refractivity contribution in [2.75, 3.05) is 7.11 Å². The Morgan fingerprint density at radius 2 is 2.13 bits per heavy atom. The molecule has 2 N–H and O–H groups in total. The van der Waals surface area contributed by atoms with Crippen LogP contribution in [0.3, 0.4) is 0 Å². The Kier molecular flexibility index (Phi) is 4.09. The van der Waals surface area contributed by atoms with Crippen LogP contribution >= 0.6 is 0 Å². The largest absolute Gasteiger partial charge is 0.496 e. The minimum atomic E-state index is -0.314. The molecule has 1 rings (SSSR count). The molecule has 0 radical (unpaired) electrons. The van der Waals surface area contributed by atoms with Crippen molar-refractivity contribution < 1.29 is 9.13 Å². The Morgan fingerprint density at radius 3 is 2.67 bits per heavy atom. The third-order valence-electron chi connectivity index (χ3n) is 2.82. The van der Waals surface area contributed by atoms with Crippen molar-refractivity contribution in [1.29, 1.82) is 0 Å². The maximum atomic E-state index is 13.6. The standard InChI is InChI=1S/C12H18FNO/c1-4-8(2)12(14)11-9(13)6-5-7-10(11)15-3/h5-8,12H,4,14H2,1-3H3. The Bertz CT molecular complexity index is 327. The summed E-state index contributed by atoms with van der Waals surface area (Å²) < 4.78 is 18.7. The van der Waals surface area contributed by atoms with Gasteiger partial charge in [-0.2, -0.15) is 0 Å². The third-order valence-corrected chi connectivity index (χ3v) is 2.82. The molecule has 0 aliphatic rings. The van der Waals surface area contributed by atoms with Crippen LogP contribution in [0, 0.1) is 11.7 Å². The van der Waals surface area contributed by atoms with Crippen molar-refractivity contribution in [3.8, 4) is 5.75 Å². The molecule has 2 atom stereocenters. The highest BCUT2D eigenvalue weighted by molar-refractivity contribution is 5.37. The highest BCUT2D eigenvalue weighted by Gasteiger charge is 2.20. The third kappa shape index (κ3) is 2.48. The smallest absolute Gasteiger partial charge is 0.131 e. The van der Waals surface area contributed by atoms with E-state index in [2.05, 4.69) is 0 Å². The predicted octanol–water partition coefficient (Wildman–Crippen LogP) is 2.88. The molecule has 3 heteroatoms. The van der Waals surface area contributed by atoms with Crippen molar-refractivity contribution in [2.24, 2.45) is 11.7 Å². The van der Waals surface area contributed by atoms with Gasteiger partial charge in [0.05, 0.1) is 7.11 Å². The lowest BCUT2D eigenvalue weighted by atomic mass is 9.92. The van der Waals surface area contributed by atoms with Gasteiger partial charge in [0.2, 0.25) is 0 Å². The molecule has 0 amide bonds. The number of nitrogens with two attached hydrogens (primary N) is 1. The van der Waals surface area contributed by atoms with E-state index < -0.39 is 0 Å². The summed E-state index contributed by atoms with van der Waals surface area (Å²) in [6.45, 7) is 4.05. The summed E-state index contributed by atoms with van der Waals surface area (Å²) in [5.74, 6) is 0.473. The molecule has 2 nitrogen and oxygen atoms in total. The van der Waals surface area contributed by atoms with Crippen molar-refractivity contribution in [3.05, 3.63) is 29.6 Å². The lowest BCUT2D eigenvalue weighted by molar-refractivity contribution is 0.377. The van der Waals surface area contributed by atoms with Gasteiger partial charge in [-0.15, -0.1) is 0 Å². The first-order valence-corrected chi connectivity index (χ1v) is 5.19. The Labute approximate surface area is 90.2 Å². The van der Waals surface area contributed by atoms with E-state index in [4.69, 9.17) is 10.5 Å². The van der Waals surface area contributed by atoms with Crippen LogP contribution in [0.15, 0.2) is 18.2 Å². The molecule has 0 bridgehead atoms. The molecule has 2 unspecified atom stereocenters. The van der Waals surface area contributed by atoms with Crippen LogP contribution in [0.1, 0.15) is 31.9 Å². The predicted molar refractivity (Wildman–Crippen MR) is 59.3 cm³/mol. The van der Waals surface area contributed by atoms with Gasteiger partial charge in [-0.25, -0.2) is 4.39 Å². The topological polar surface area (TPSA) is 35.2 Å². The number of hydrogen-bond donors (Lipinski definition) is 1. The number of rotatable bonds is 4. The second-order valence-electron chi connectivity index (χ2n) is 3.77. The fourth-order valence-corrected chi connectivity index (χ4v) is 1.56. The highest BCUT2D eigenvalue weighted by Crippen LogP contribution is 2.31. The molecule has 0 saturated heterocycles. The van der Waals surface area contributed by atoms with E-state index in [9.17, 15) is 4.39 Å². The average molecular weight is 211 g/mol. The van der Waals surface area contributed by atoms with Crippen molar-refractivity contribution in [3.63, 3.8) is 0 Å². The summed E-state index contributed by atoms with van der Waals surface area (Å²) in [6, 6.07) is 4.47. The fourth-order valence-electron chi connectivity index (χ4n) is 1.56. The second kappa shape index (κ2) is 5.12. The van der Waals surface area contributed by atoms with Gasteiger partial charge in [-0.1, -0.05) is 26.3 Å². The molecular formula is C12H18FNO. The number of benzene rings is 1. The van der Waals surface area contributed by atoms with E-state index in [1.165, 1.54) is 13.2 Å². The Morgan fingerprint density at radius 1 is 1.47 bits per heavy atom. The van der Waals surface area contributed by atoms with Gasteiger partial charge >= 0.3 is 0 Å². The van der Waals surface area contributed by atoms with Crippen LogP contribution in [0.2, 0.25) is 0 Å². The van der Waals surface area contributed by atoms with Gasteiger partial charge in [0.25, 0.3) is 0 Å². The highest BCUT2D eigenvalue weighted by atomic mass is 19.1. The maximum Gasteiger partial charge on any atom is 0.131 e. The number of ether oxygens (including phenoxy) is 1. The first-order valence-electron chi connectivity index (χ1n) is 5.19. The molecule has 0 saturated carbocycles. The minimum absolute atomic E-state index is 0.232. The summed E-state index contributed by atoms with van der Waals surface area (Å²) in [5, 5.41) is 0. The summed E-state index contributed by atoms with van der Waals surface area (Å²) in [4.78, 5) is 0. The molecular weight excluding hydrogens is 193 g/mol. The molecule has 1 aromatic carbocycles. The molecule has 0 fully saturated rings. The molecule has 0 aliphatic carbocycles. The molecule has 0 spiro atoms. The zero-order valence-electron chi connectivity index (χ0n) is 9.46. The summed E-state index contributed by atoms with van der Waals surface area (Å²) in [7, 11) is 1.53. The lowest BCUT2D eigenvalue weighted by Gasteiger charge is -2.21. The van der Waals surface area contributed by atoms with E-state index in [0.717, 1.165) is 6.42 Å². The quantitative estimate of drug-likeness (QED) is 0.831. The number of halogens is 1. The maximum absolute atomic E-state index is 13.6. The van der Waals surface area contributed by atoms with Gasteiger partial charge in [-0.3, -0.25) is 0 Å². The fraction of sp³-hybridized carbons (Fsp3) is 0.500. The first kappa shape index (κ1) is 12.0. The molecule has 0 heterocycles. The van der Waals surface area contributed by atoms with Gasteiger partial charge in [0.1, 0.15) is 11.6 Å². The summed E-state index contributed by atoms with van der Waals surface area (Å²) in [5.41, 5.74) is 6.49. The Balaban J connectivity index is 3.10. The second-order valence-corrected chi connectivity index (χ2v) is 3.77. The van der Waals surface area contributed by atoms with E-state index >= 15 is 0 Å².